The zero-order chi connectivity index (χ0) is 19.9. The van der Waals surface area contributed by atoms with E-state index in [2.05, 4.69) is 37.4 Å². The fourth-order valence-electron chi connectivity index (χ4n) is 2.98. The Morgan fingerprint density at radius 2 is 1.82 bits per heavy atom. The number of rotatable bonds is 8. The lowest BCUT2D eigenvalue weighted by Crippen LogP contribution is -2.25. The monoisotopic (exact) mass is 395 g/mol. The van der Waals surface area contributed by atoms with Gasteiger partial charge < -0.3 is 14.5 Å². The SMILES string of the molecule is COc1cccc(CCNC(=O)c2ccc(CSc3c(C)cccc3C)o2)c1. The van der Waals surface area contributed by atoms with Crippen LogP contribution >= 0.6 is 11.8 Å². The summed E-state index contributed by atoms with van der Waals surface area (Å²) in [6.45, 7) is 4.76. The molecule has 1 N–H and O–H groups in total. The number of carbonyl (C=O) groups excluding carboxylic acids is 1. The quantitative estimate of drug-likeness (QED) is 0.535. The molecule has 0 unspecified atom stereocenters. The van der Waals surface area contributed by atoms with Crippen molar-refractivity contribution in [3.05, 3.63) is 82.8 Å². The first-order valence-electron chi connectivity index (χ1n) is 9.25. The van der Waals surface area contributed by atoms with Crippen LogP contribution in [0.2, 0.25) is 0 Å². The minimum absolute atomic E-state index is 0.189. The molecule has 1 aromatic heterocycles. The number of amides is 1. The van der Waals surface area contributed by atoms with E-state index >= 15 is 0 Å². The Hall–Kier alpha value is -2.66. The van der Waals surface area contributed by atoms with Crippen molar-refractivity contribution >= 4 is 17.7 Å². The Morgan fingerprint density at radius 3 is 2.57 bits per heavy atom. The lowest BCUT2D eigenvalue weighted by Gasteiger charge is -2.08. The molecular weight excluding hydrogens is 370 g/mol. The van der Waals surface area contributed by atoms with E-state index in [1.807, 2.05) is 30.3 Å². The third-order valence-corrected chi connectivity index (χ3v) is 5.85. The summed E-state index contributed by atoms with van der Waals surface area (Å²) < 4.78 is 11.0. The standard InChI is InChI=1S/C23H25NO3S/c1-16-6-4-7-17(2)22(16)28-15-20-10-11-21(27-20)23(25)24-13-12-18-8-5-9-19(14-18)26-3/h4-11,14H,12-13,15H2,1-3H3,(H,24,25). The maximum absolute atomic E-state index is 12.3. The van der Waals surface area contributed by atoms with Crippen LogP contribution in [0.25, 0.3) is 0 Å². The Kier molecular flexibility index (Phi) is 6.82. The molecule has 0 atom stereocenters. The summed E-state index contributed by atoms with van der Waals surface area (Å²) in [5, 5.41) is 2.91. The zero-order valence-corrected chi connectivity index (χ0v) is 17.3. The normalized spacial score (nSPS) is 10.7. The van der Waals surface area contributed by atoms with Gasteiger partial charge in [-0.1, -0.05) is 30.3 Å². The summed E-state index contributed by atoms with van der Waals surface area (Å²) in [6.07, 6.45) is 0.735. The van der Waals surface area contributed by atoms with Gasteiger partial charge in [-0.05, 0) is 61.2 Å². The molecule has 0 aliphatic carbocycles. The largest absolute Gasteiger partial charge is 0.497 e. The molecule has 3 aromatic rings. The first-order valence-corrected chi connectivity index (χ1v) is 10.2. The number of methoxy groups -OCH3 is 1. The average molecular weight is 396 g/mol. The highest BCUT2D eigenvalue weighted by Gasteiger charge is 2.12. The lowest BCUT2D eigenvalue weighted by atomic mass is 10.1. The van der Waals surface area contributed by atoms with Gasteiger partial charge in [0.05, 0.1) is 12.9 Å². The topological polar surface area (TPSA) is 51.5 Å². The van der Waals surface area contributed by atoms with Crippen molar-refractivity contribution in [3.63, 3.8) is 0 Å². The number of aryl methyl sites for hydroxylation is 2. The predicted molar refractivity (Wildman–Crippen MR) is 113 cm³/mol. The maximum Gasteiger partial charge on any atom is 0.287 e. The number of carbonyl (C=O) groups is 1. The molecule has 0 fully saturated rings. The summed E-state index contributed by atoms with van der Waals surface area (Å²) in [6, 6.07) is 17.7. The van der Waals surface area contributed by atoms with Crippen molar-refractivity contribution in [3.8, 4) is 5.75 Å². The Morgan fingerprint density at radius 1 is 1.07 bits per heavy atom. The highest BCUT2D eigenvalue weighted by Crippen LogP contribution is 2.29. The van der Waals surface area contributed by atoms with Gasteiger partial charge in [0.2, 0.25) is 0 Å². The molecule has 0 spiro atoms. The molecule has 0 saturated carbocycles. The molecule has 0 aliphatic heterocycles. The highest BCUT2D eigenvalue weighted by atomic mass is 32.2. The molecule has 0 aliphatic rings. The van der Waals surface area contributed by atoms with E-state index in [9.17, 15) is 4.79 Å². The van der Waals surface area contributed by atoms with E-state index in [0.717, 1.165) is 23.5 Å². The molecule has 3 rings (SSSR count). The van der Waals surface area contributed by atoms with E-state index in [1.54, 1.807) is 24.9 Å². The highest BCUT2D eigenvalue weighted by molar-refractivity contribution is 7.98. The third-order valence-electron chi connectivity index (χ3n) is 4.49. The molecule has 1 amide bonds. The second-order valence-electron chi connectivity index (χ2n) is 6.63. The van der Waals surface area contributed by atoms with Gasteiger partial charge in [-0.25, -0.2) is 0 Å². The van der Waals surface area contributed by atoms with Gasteiger partial charge in [0, 0.05) is 11.4 Å². The smallest absolute Gasteiger partial charge is 0.287 e. The van der Waals surface area contributed by atoms with E-state index in [1.165, 1.54) is 16.0 Å². The summed E-state index contributed by atoms with van der Waals surface area (Å²) in [5.41, 5.74) is 3.63. The van der Waals surface area contributed by atoms with Crippen LogP contribution in [0.5, 0.6) is 5.75 Å². The fourth-order valence-corrected chi connectivity index (χ4v) is 4.02. The van der Waals surface area contributed by atoms with Gasteiger partial charge >= 0.3 is 0 Å². The van der Waals surface area contributed by atoms with Crippen LogP contribution in [0.3, 0.4) is 0 Å². The van der Waals surface area contributed by atoms with Crippen LogP contribution in [0.1, 0.15) is 33.0 Å². The molecule has 1 heterocycles. The number of hydrogen-bond donors (Lipinski definition) is 1. The van der Waals surface area contributed by atoms with Gasteiger partial charge in [-0.3, -0.25) is 4.79 Å². The summed E-state index contributed by atoms with van der Waals surface area (Å²) in [5.74, 6) is 2.48. The van der Waals surface area contributed by atoms with Gasteiger partial charge in [0.25, 0.3) is 5.91 Å². The number of thioether (sulfide) groups is 1. The molecule has 28 heavy (non-hydrogen) atoms. The summed E-state index contributed by atoms with van der Waals surface area (Å²) in [4.78, 5) is 13.6. The Balaban J connectivity index is 1.51. The summed E-state index contributed by atoms with van der Waals surface area (Å²) in [7, 11) is 1.65. The molecule has 0 radical (unpaired) electrons. The summed E-state index contributed by atoms with van der Waals surface area (Å²) >= 11 is 1.73. The van der Waals surface area contributed by atoms with E-state index < -0.39 is 0 Å². The van der Waals surface area contributed by atoms with Gasteiger partial charge in [0.1, 0.15) is 11.5 Å². The van der Waals surface area contributed by atoms with Gasteiger partial charge in [-0.2, -0.15) is 0 Å². The van der Waals surface area contributed by atoms with Gasteiger partial charge in [-0.15, -0.1) is 11.8 Å². The number of nitrogens with one attached hydrogen (secondary N) is 1. The first-order chi connectivity index (χ1) is 13.6. The number of ether oxygens (including phenoxy) is 1. The fraction of sp³-hybridized carbons (Fsp3) is 0.261. The second-order valence-corrected chi connectivity index (χ2v) is 7.62. The van der Waals surface area contributed by atoms with Crippen LogP contribution in [0.15, 0.2) is 63.9 Å². The number of benzene rings is 2. The molecule has 0 saturated heterocycles. The molecule has 146 valence electrons. The minimum atomic E-state index is -0.189. The third kappa shape index (κ3) is 5.20. The van der Waals surface area contributed by atoms with Crippen molar-refractivity contribution < 1.29 is 13.9 Å². The Bertz CT molecular complexity index is 928. The molecular formula is C23H25NO3S. The van der Waals surface area contributed by atoms with Crippen LogP contribution in [0, 0.1) is 13.8 Å². The van der Waals surface area contributed by atoms with Crippen LogP contribution in [-0.4, -0.2) is 19.6 Å². The first kappa shape index (κ1) is 20.1. The van der Waals surface area contributed by atoms with Crippen molar-refractivity contribution in [2.45, 2.75) is 30.9 Å². The number of furan rings is 1. The molecule has 5 heteroatoms. The van der Waals surface area contributed by atoms with Crippen LogP contribution in [0.4, 0.5) is 0 Å². The average Bonchev–Trinajstić information content (AvgIpc) is 3.17. The van der Waals surface area contributed by atoms with Crippen LogP contribution in [-0.2, 0) is 12.2 Å². The maximum atomic E-state index is 12.3. The van der Waals surface area contributed by atoms with E-state index in [-0.39, 0.29) is 5.91 Å². The molecule has 4 nitrogen and oxygen atoms in total. The van der Waals surface area contributed by atoms with E-state index in [0.29, 0.717) is 18.1 Å². The molecule has 2 aromatic carbocycles. The number of hydrogen-bond acceptors (Lipinski definition) is 4. The van der Waals surface area contributed by atoms with Crippen molar-refractivity contribution in [1.82, 2.24) is 5.32 Å². The van der Waals surface area contributed by atoms with Gasteiger partial charge in [0.15, 0.2) is 5.76 Å². The molecule has 0 bridgehead atoms. The van der Waals surface area contributed by atoms with Crippen LogP contribution < -0.4 is 10.1 Å². The minimum Gasteiger partial charge on any atom is -0.497 e. The predicted octanol–water partition coefficient (Wildman–Crippen LogP) is 5.17. The second kappa shape index (κ2) is 9.51. The zero-order valence-electron chi connectivity index (χ0n) is 16.5. The van der Waals surface area contributed by atoms with Crippen molar-refractivity contribution in [2.24, 2.45) is 0 Å². The van der Waals surface area contributed by atoms with E-state index in [4.69, 9.17) is 9.15 Å². The van der Waals surface area contributed by atoms with Crippen molar-refractivity contribution in [2.75, 3.05) is 13.7 Å². The Labute approximate surface area is 170 Å². The van der Waals surface area contributed by atoms with Crippen molar-refractivity contribution in [1.29, 1.82) is 0 Å². The lowest BCUT2D eigenvalue weighted by molar-refractivity contribution is 0.0925.